The molecule has 0 N–H and O–H groups in total. The summed E-state index contributed by atoms with van der Waals surface area (Å²) in [5, 5.41) is 4.63. The number of para-hydroxylation sites is 2. The smallest absolute Gasteiger partial charge is 0.149 e. The summed E-state index contributed by atoms with van der Waals surface area (Å²) in [4.78, 5) is 5.42. The molecule has 0 saturated carbocycles. The van der Waals surface area contributed by atoms with Gasteiger partial charge in [0.15, 0.2) is 0 Å². The van der Waals surface area contributed by atoms with Gasteiger partial charge in [0.05, 0.1) is 22.3 Å². The fourth-order valence-electron chi connectivity index (χ4n) is 7.46. The summed E-state index contributed by atoms with van der Waals surface area (Å²) in [6.07, 6.45) is 0. The quantitative estimate of drug-likeness (QED) is 0.190. The molecule has 0 amide bonds. The minimum Gasteiger partial charge on any atom is -0.455 e. The van der Waals surface area contributed by atoms with E-state index in [0.29, 0.717) is 0 Å². The van der Waals surface area contributed by atoms with E-state index < -0.39 is 0 Å². The summed E-state index contributed by atoms with van der Waals surface area (Å²) in [6, 6.07) is 41.6. The first-order valence-electron chi connectivity index (χ1n) is 17.2. The third-order valence-corrected chi connectivity index (χ3v) is 9.86. The molecule has 0 radical (unpaired) electrons. The Balaban J connectivity index is 1.51. The lowest BCUT2D eigenvalue weighted by molar-refractivity contribution is 0.595. The Kier molecular flexibility index (Phi) is 7.07. The summed E-state index contributed by atoms with van der Waals surface area (Å²) in [5.74, 6) is 1.48. The maximum Gasteiger partial charge on any atom is 0.149 e. The van der Waals surface area contributed by atoms with Crippen LogP contribution in [0.2, 0.25) is 0 Å². The molecule has 48 heavy (non-hydrogen) atoms. The van der Waals surface area contributed by atoms with Crippen LogP contribution in [-0.4, -0.2) is 9.55 Å². The molecule has 6 aromatic carbocycles. The van der Waals surface area contributed by atoms with Crippen molar-refractivity contribution in [3.05, 3.63) is 132 Å². The first-order valence-corrected chi connectivity index (χ1v) is 17.2. The highest BCUT2D eigenvalue weighted by atomic mass is 16.3. The Bertz CT molecular complexity index is 2460. The highest BCUT2D eigenvalue weighted by Crippen LogP contribution is 2.46. The number of fused-ring (bicyclic) bond motifs is 6. The topological polar surface area (TPSA) is 31.0 Å². The predicted molar refractivity (Wildman–Crippen MR) is 204 cm³/mol. The summed E-state index contributed by atoms with van der Waals surface area (Å²) in [7, 11) is 0. The van der Waals surface area contributed by atoms with Crippen LogP contribution in [0, 0.1) is 0 Å². The third-order valence-electron chi connectivity index (χ3n) is 9.86. The number of hydrogen-bond donors (Lipinski definition) is 0. The number of furan rings is 1. The lowest BCUT2D eigenvalue weighted by Gasteiger charge is -2.25. The second-order valence-electron chi connectivity index (χ2n) is 14.8. The van der Waals surface area contributed by atoms with E-state index in [4.69, 9.17) is 9.40 Å². The molecule has 2 heterocycles. The normalized spacial score (nSPS) is 12.4. The molecule has 238 valence electrons. The monoisotopic (exact) mass is 626 g/mol. The van der Waals surface area contributed by atoms with Crippen molar-refractivity contribution in [2.75, 3.05) is 0 Å². The van der Waals surface area contributed by atoms with Gasteiger partial charge in [0.2, 0.25) is 0 Å². The largest absolute Gasteiger partial charge is 0.455 e. The molecule has 8 aromatic rings. The van der Waals surface area contributed by atoms with Gasteiger partial charge in [-0.15, -0.1) is 0 Å². The van der Waals surface area contributed by atoms with Gasteiger partial charge in [-0.05, 0) is 86.9 Å². The van der Waals surface area contributed by atoms with E-state index in [1.54, 1.807) is 0 Å². The van der Waals surface area contributed by atoms with Crippen molar-refractivity contribution < 1.29 is 4.42 Å². The number of benzene rings is 6. The van der Waals surface area contributed by atoms with Crippen LogP contribution in [0.5, 0.6) is 0 Å². The second kappa shape index (κ2) is 11.2. The Morgan fingerprint density at radius 2 is 1.29 bits per heavy atom. The van der Waals surface area contributed by atoms with Crippen LogP contribution in [0.15, 0.2) is 120 Å². The van der Waals surface area contributed by atoms with Crippen molar-refractivity contribution in [2.45, 2.75) is 65.7 Å². The van der Waals surface area contributed by atoms with Crippen LogP contribution < -0.4 is 0 Å². The third kappa shape index (κ3) is 4.75. The average molecular weight is 627 g/mol. The zero-order chi connectivity index (χ0) is 33.3. The van der Waals surface area contributed by atoms with Crippen molar-refractivity contribution in [3.63, 3.8) is 0 Å². The minimum atomic E-state index is -0.0811. The van der Waals surface area contributed by atoms with E-state index in [2.05, 4.69) is 168 Å². The van der Waals surface area contributed by atoms with Crippen molar-refractivity contribution in [1.29, 1.82) is 0 Å². The van der Waals surface area contributed by atoms with Crippen LogP contribution in [0.3, 0.4) is 0 Å². The lowest BCUT2D eigenvalue weighted by Crippen LogP contribution is -2.12. The van der Waals surface area contributed by atoms with Gasteiger partial charge in [0, 0.05) is 16.2 Å². The second-order valence-corrected chi connectivity index (χ2v) is 14.8. The number of nitrogens with zero attached hydrogens (tertiary/aromatic N) is 2. The van der Waals surface area contributed by atoms with Gasteiger partial charge in [-0.3, -0.25) is 4.57 Å². The molecular formula is C45H42N2O. The van der Waals surface area contributed by atoms with Crippen molar-refractivity contribution in [3.8, 4) is 28.2 Å². The first kappa shape index (κ1) is 30.2. The molecule has 0 spiro atoms. The van der Waals surface area contributed by atoms with Crippen molar-refractivity contribution >= 4 is 43.7 Å². The van der Waals surface area contributed by atoms with E-state index >= 15 is 0 Å². The van der Waals surface area contributed by atoms with Gasteiger partial charge in [-0.1, -0.05) is 127 Å². The van der Waals surface area contributed by atoms with Crippen molar-refractivity contribution in [2.24, 2.45) is 0 Å². The highest BCUT2D eigenvalue weighted by molar-refractivity contribution is 6.18. The van der Waals surface area contributed by atoms with E-state index in [1.807, 2.05) is 0 Å². The van der Waals surface area contributed by atoms with Gasteiger partial charge in [0.25, 0.3) is 0 Å². The van der Waals surface area contributed by atoms with E-state index in [-0.39, 0.29) is 17.3 Å². The maximum absolute atomic E-state index is 7.05. The molecule has 3 nitrogen and oxygen atoms in total. The zero-order valence-electron chi connectivity index (χ0n) is 28.9. The Hall–Kier alpha value is -5.15. The van der Waals surface area contributed by atoms with Crippen LogP contribution in [0.1, 0.15) is 77.0 Å². The predicted octanol–water partition coefficient (Wildman–Crippen LogP) is 13.0. The summed E-state index contributed by atoms with van der Waals surface area (Å²) < 4.78 is 9.48. The molecule has 0 atom stereocenters. The van der Waals surface area contributed by atoms with Crippen LogP contribution in [0.4, 0.5) is 0 Å². The summed E-state index contributed by atoms with van der Waals surface area (Å²) >= 11 is 0. The standard InChI is InChI=1S/C45H42N2O/c1-27(2)35-25-31(29-15-9-8-10-16-29)26-36(28(3)4)41(35)47-39-20-14-13-19-38(39)46-44(47)34-23-24-37(45(5,6)7)40-33-22-21-30-17-11-12-18-32(30)42(33)48-43(34)40/h8-28H,1-7H3. The number of aromatic nitrogens is 2. The number of imidazole rings is 1. The fourth-order valence-corrected chi connectivity index (χ4v) is 7.46. The van der Waals surface area contributed by atoms with Crippen LogP contribution >= 0.6 is 0 Å². The van der Waals surface area contributed by atoms with E-state index in [1.165, 1.54) is 44.3 Å². The molecule has 2 aromatic heterocycles. The fraction of sp³-hybridized carbons (Fsp3) is 0.222. The van der Waals surface area contributed by atoms with Gasteiger partial charge >= 0.3 is 0 Å². The van der Waals surface area contributed by atoms with Crippen LogP contribution in [-0.2, 0) is 5.41 Å². The molecule has 0 unspecified atom stereocenters. The molecule has 8 rings (SSSR count). The minimum absolute atomic E-state index is 0.0811. The highest BCUT2D eigenvalue weighted by Gasteiger charge is 2.28. The Morgan fingerprint density at radius 3 is 2.00 bits per heavy atom. The SMILES string of the molecule is CC(C)c1cc(-c2ccccc2)cc(C(C)C)c1-n1c(-c2ccc(C(C)(C)C)c3c2oc2c4ccccc4ccc23)nc2ccccc21. The Labute approximate surface area is 282 Å². The molecule has 0 aliphatic carbocycles. The van der Waals surface area contributed by atoms with Gasteiger partial charge in [-0.2, -0.15) is 0 Å². The molecule has 0 aliphatic heterocycles. The molecule has 0 aliphatic rings. The Morgan fingerprint density at radius 1 is 0.625 bits per heavy atom. The van der Waals surface area contributed by atoms with Gasteiger partial charge in [-0.25, -0.2) is 4.98 Å². The van der Waals surface area contributed by atoms with E-state index in [9.17, 15) is 0 Å². The van der Waals surface area contributed by atoms with Crippen molar-refractivity contribution in [1.82, 2.24) is 9.55 Å². The maximum atomic E-state index is 7.05. The first-order chi connectivity index (χ1) is 23.1. The van der Waals surface area contributed by atoms with Gasteiger partial charge in [0.1, 0.15) is 17.0 Å². The zero-order valence-corrected chi connectivity index (χ0v) is 28.9. The molecule has 0 fully saturated rings. The number of hydrogen-bond acceptors (Lipinski definition) is 2. The average Bonchev–Trinajstić information content (AvgIpc) is 3.66. The lowest BCUT2D eigenvalue weighted by atomic mass is 9.83. The van der Waals surface area contributed by atoms with Gasteiger partial charge < -0.3 is 4.42 Å². The van der Waals surface area contributed by atoms with E-state index in [0.717, 1.165) is 44.4 Å². The molecule has 0 saturated heterocycles. The van der Waals surface area contributed by atoms with Crippen LogP contribution in [0.25, 0.3) is 71.9 Å². The molecule has 0 bridgehead atoms. The molecular weight excluding hydrogens is 585 g/mol. The summed E-state index contributed by atoms with van der Waals surface area (Å²) in [6.45, 7) is 16.1. The summed E-state index contributed by atoms with van der Waals surface area (Å²) in [5.41, 5.74) is 12.4. The molecule has 3 heteroatoms. The number of rotatable bonds is 5.